The van der Waals surface area contributed by atoms with Crippen LogP contribution in [0.15, 0.2) is 6.33 Å². The van der Waals surface area contributed by atoms with Gasteiger partial charge in [0.25, 0.3) is 0 Å². The fourth-order valence-electron chi connectivity index (χ4n) is 1.80. The second kappa shape index (κ2) is 7.12. The summed E-state index contributed by atoms with van der Waals surface area (Å²) in [5, 5.41) is 12.9. The second-order valence-electron chi connectivity index (χ2n) is 5.22. The highest BCUT2D eigenvalue weighted by Gasteiger charge is 2.14. The molecule has 0 bridgehead atoms. The average Bonchev–Trinajstić information content (AvgIpc) is 2.70. The molecule has 0 aliphatic carbocycles. The van der Waals surface area contributed by atoms with Gasteiger partial charge in [-0.05, 0) is 19.8 Å². The Bertz CT molecular complexity index is 388. The van der Waals surface area contributed by atoms with E-state index < -0.39 is 0 Å². The van der Waals surface area contributed by atoms with Crippen molar-refractivity contribution in [3.63, 3.8) is 0 Å². The molecule has 1 rings (SSSR count). The van der Waals surface area contributed by atoms with E-state index in [1.54, 1.807) is 6.33 Å². The highest BCUT2D eigenvalue weighted by molar-refractivity contribution is 4.87. The minimum absolute atomic E-state index is 0.405. The summed E-state index contributed by atoms with van der Waals surface area (Å²) >= 11 is 0. The fraction of sp³-hybridized carbons (Fsp3) is 0.769. The van der Waals surface area contributed by atoms with E-state index in [0.717, 1.165) is 25.5 Å². The molecule has 100 valence electrons. The zero-order valence-corrected chi connectivity index (χ0v) is 11.8. The summed E-state index contributed by atoms with van der Waals surface area (Å²) < 4.78 is 1.96. The molecule has 1 heterocycles. The number of hydrogen-bond donors (Lipinski definition) is 0. The van der Waals surface area contributed by atoms with E-state index in [2.05, 4.69) is 48.7 Å². The van der Waals surface area contributed by atoms with Crippen molar-refractivity contribution in [2.75, 3.05) is 6.54 Å². The summed E-state index contributed by atoms with van der Waals surface area (Å²) in [7, 11) is 0. The normalized spacial score (nSPS) is 11.4. The van der Waals surface area contributed by atoms with Crippen molar-refractivity contribution in [2.45, 2.75) is 53.2 Å². The zero-order chi connectivity index (χ0) is 13.5. The van der Waals surface area contributed by atoms with E-state index in [1.807, 2.05) is 4.68 Å². The van der Waals surface area contributed by atoms with Crippen molar-refractivity contribution in [1.82, 2.24) is 19.7 Å². The lowest BCUT2D eigenvalue weighted by molar-refractivity contribution is 0.207. The molecule has 1 aromatic heterocycles. The lowest BCUT2D eigenvalue weighted by atomic mass is 10.2. The summed E-state index contributed by atoms with van der Waals surface area (Å²) in [5.41, 5.74) is 0. The van der Waals surface area contributed by atoms with Crippen molar-refractivity contribution < 1.29 is 0 Å². The molecule has 0 aromatic carbocycles. The molecule has 5 heteroatoms. The van der Waals surface area contributed by atoms with Crippen LogP contribution in [-0.2, 0) is 13.1 Å². The van der Waals surface area contributed by atoms with Gasteiger partial charge in [0, 0.05) is 25.6 Å². The Labute approximate surface area is 109 Å². The van der Waals surface area contributed by atoms with Crippen LogP contribution in [0.5, 0.6) is 0 Å². The third kappa shape index (κ3) is 4.46. The van der Waals surface area contributed by atoms with Crippen LogP contribution in [0.25, 0.3) is 0 Å². The van der Waals surface area contributed by atoms with E-state index >= 15 is 0 Å². The molecule has 0 saturated carbocycles. The summed E-state index contributed by atoms with van der Waals surface area (Å²) in [4.78, 5) is 6.58. The molecule has 0 atom stereocenters. The SMILES string of the molecule is CC(C)Cn1ncnc1CN(CCC#N)C(C)C. The van der Waals surface area contributed by atoms with Gasteiger partial charge in [0.2, 0.25) is 0 Å². The summed E-state index contributed by atoms with van der Waals surface area (Å²) in [6.45, 7) is 11.0. The number of rotatable bonds is 7. The van der Waals surface area contributed by atoms with Crippen molar-refractivity contribution in [3.8, 4) is 6.07 Å². The van der Waals surface area contributed by atoms with Gasteiger partial charge in [0.15, 0.2) is 0 Å². The number of aromatic nitrogens is 3. The van der Waals surface area contributed by atoms with Crippen LogP contribution in [0.2, 0.25) is 0 Å². The molecular weight excluding hydrogens is 226 g/mol. The third-order valence-electron chi connectivity index (χ3n) is 2.82. The van der Waals surface area contributed by atoms with Gasteiger partial charge in [-0.1, -0.05) is 13.8 Å². The lowest BCUT2D eigenvalue weighted by Gasteiger charge is -2.25. The van der Waals surface area contributed by atoms with Gasteiger partial charge >= 0.3 is 0 Å². The van der Waals surface area contributed by atoms with Crippen molar-refractivity contribution in [3.05, 3.63) is 12.2 Å². The molecule has 0 unspecified atom stereocenters. The molecular formula is C13H23N5. The van der Waals surface area contributed by atoms with Gasteiger partial charge in [0.05, 0.1) is 12.6 Å². The lowest BCUT2D eigenvalue weighted by Crippen LogP contribution is -2.32. The molecule has 0 fully saturated rings. The van der Waals surface area contributed by atoms with Gasteiger partial charge in [-0.15, -0.1) is 0 Å². The predicted octanol–water partition coefficient (Wildman–Crippen LogP) is 2.06. The highest BCUT2D eigenvalue weighted by Crippen LogP contribution is 2.08. The maximum Gasteiger partial charge on any atom is 0.141 e. The first kappa shape index (κ1) is 14.7. The van der Waals surface area contributed by atoms with Crippen LogP contribution >= 0.6 is 0 Å². The highest BCUT2D eigenvalue weighted by atomic mass is 15.3. The Morgan fingerprint density at radius 1 is 1.39 bits per heavy atom. The summed E-state index contributed by atoms with van der Waals surface area (Å²) in [6, 6.07) is 2.60. The van der Waals surface area contributed by atoms with Gasteiger partial charge < -0.3 is 0 Å². The summed E-state index contributed by atoms with van der Waals surface area (Å²) in [6.07, 6.45) is 2.16. The molecule has 0 aliphatic heterocycles. The Morgan fingerprint density at radius 2 is 2.11 bits per heavy atom. The number of hydrogen-bond acceptors (Lipinski definition) is 4. The monoisotopic (exact) mass is 249 g/mol. The summed E-state index contributed by atoms with van der Waals surface area (Å²) in [5.74, 6) is 1.53. The first-order valence-electron chi connectivity index (χ1n) is 6.52. The van der Waals surface area contributed by atoms with Crippen LogP contribution in [-0.4, -0.2) is 32.3 Å². The van der Waals surface area contributed by atoms with Crippen molar-refractivity contribution >= 4 is 0 Å². The van der Waals surface area contributed by atoms with Crippen molar-refractivity contribution in [1.29, 1.82) is 5.26 Å². The molecule has 5 nitrogen and oxygen atoms in total. The van der Waals surface area contributed by atoms with E-state index in [1.165, 1.54) is 0 Å². The third-order valence-corrected chi connectivity index (χ3v) is 2.82. The molecule has 0 aliphatic rings. The first-order chi connectivity index (χ1) is 8.54. The standard InChI is InChI=1S/C13H23N5/c1-11(2)8-18-13(15-10-16-18)9-17(12(3)4)7-5-6-14/h10-12H,5,7-9H2,1-4H3. The Hall–Kier alpha value is -1.41. The van der Waals surface area contributed by atoms with E-state index in [9.17, 15) is 0 Å². The van der Waals surface area contributed by atoms with E-state index in [4.69, 9.17) is 5.26 Å². The Morgan fingerprint density at radius 3 is 2.67 bits per heavy atom. The smallest absolute Gasteiger partial charge is 0.141 e. The van der Waals surface area contributed by atoms with Crippen LogP contribution in [0.3, 0.4) is 0 Å². The quantitative estimate of drug-likeness (QED) is 0.742. The van der Waals surface area contributed by atoms with Crippen LogP contribution < -0.4 is 0 Å². The van der Waals surface area contributed by atoms with E-state index in [-0.39, 0.29) is 0 Å². The predicted molar refractivity (Wildman–Crippen MR) is 70.6 cm³/mol. The van der Waals surface area contributed by atoms with Crippen LogP contribution in [0.1, 0.15) is 39.9 Å². The molecule has 0 spiro atoms. The number of nitrogens with zero attached hydrogens (tertiary/aromatic N) is 5. The van der Waals surface area contributed by atoms with Gasteiger partial charge in [-0.3, -0.25) is 4.90 Å². The van der Waals surface area contributed by atoms with Gasteiger partial charge in [0.1, 0.15) is 12.2 Å². The van der Waals surface area contributed by atoms with Crippen LogP contribution in [0.4, 0.5) is 0 Å². The molecule has 0 amide bonds. The Kier molecular flexibility index (Phi) is 5.79. The van der Waals surface area contributed by atoms with E-state index in [0.29, 0.717) is 18.4 Å². The average molecular weight is 249 g/mol. The molecule has 0 N–H and O–H groups in total. The Balaban J connectivity index is 2.68. The maximum atomic E-state index is 8.69. The zero-order valence-electron chi connectivity index (χ0n) is 11.8. The largest absolute Gasteiger partial charge is 0.292 e. The minimum Gasteiger partial charge on any atom is -0.292 e. The number of nitriles is 1. The molecule has 1 aromatic rings. The van der Waals surface area contributed by atoms with Gasteiger partial charge in [-0.2, -0.15) is 10.4 Å². The molecule has 0 radical (unpaired) electrons. The van der Waals surface area contributed by atoms with Crippen LogP contribution in [0, 0.1) is 17.2 Å². The van der Waals surface area contributed by atoms with Crippen molar-refractivity contribution in [2.24, 2.45) is 5.92 Å². The maximum absolute atomic E-state index is 8.69. The molecule has 0 saturated heterocycles. The minimum atomic E-state index is 0.405. The fourth-order valence-corrected chi connectivity index (χ4v) is 1.80. The topological polar surface area (TPSA) is 57.7 Å². The second-order valence-corrected chi connectivity index (χ2v) is 5.22. The first-order valence-corrected chi connectivity index (χ1v) is 6.52. The molecule has 18 heavy (non-hydrogen) atoms. The van der Waals surface area contributed by atoms with Gasteiger partial charge in [-0.25, -0.2) is 9.67 Å².